The number of carbonyl (C=O) groups excluding carboxylic acids is 1. The Morgan fingerprint density at radius 3 is 2.57 bits per heavy atom. The van der Waals surface area contributed by atoms with Gasteiger partial charge in [-0.25, -0.2) is 0 Å². The Morgan fingerprint density at radius 1 is 1.14 bits per heavy atom. The van der Waals surface area contributed by atoms with Gasteiger partial charge in [0.05, 0.1) is 34.1 Å². The van der Waals surface area contributed by atoms with Crippen LogP contribution in [-0.2, 0) is 4.79 Å². The molecule has 2 aromatic carbocycles. The molecule has 28 heavy (non-hydrogen) atoms. The zero-order valence-corrected chi connectivity index (χ0v) is 15.6. The van der Waals surface area contributed by atoms with Crippen LogP contribution in [0, 0.1) is 21.4 Å². The van der Waals surface area contributed by atoms with Gasteiger partial charge in [-0.05, 0) is 12.1 Å². The molecule has 0 unspecified atom stereocenters. The molecule has 1 saturated heterocycles. The van der Waals surface area contributed by atoms with Crippen LogP contribution in [-0.4, -0.2) is 28.3 Å². The highest BCUT2D eigenvalue weighted by Crippen LogP contribution is 2.45. The molecule has 2 aliphatic rings. The SMILES string of the molecule is N#CC1=C2SCN(c3ccccc3)CN2C(=O)C[C@H]1c1ccccc1[N+](=O)[O-]. The number of amides is 1. The summed E-state index contributed by atoms with van der Waals surface area (Å²) in [5, 5.41) is 21.8. The second kappa shape index (κ2) is 7.37. The van der Waals surface area contributed by atoms with Crippen molar-refractivity contribution in [3.05, 3.63) is 80.9 Å². The molecule has 2 aliphatic heterocycles. The predicted octanol–water partition coefficient (Wildman–Crippen LogP) is 3.81. The number of nitro benzene ring substituents is 1. The number of thioether (sulfide) groups is 1. The Hall–Kier alpha value is -3.31. The number of nitro groups is 1. The van der Waals surface area contributed by atoms with Crippen LogP contribution < -0.4 is 4.90 Å². The standard InChI is InChI=1S/C20H16N4O3S/c21-11-17-16(15-8-4-5-9-18(15)24(26)27)10-19(25)23-12-22(13-28-20(17)23)14-6-2-1-3-7-14/h1-9,16H,10,12-13H2/t16-/m0/s1. The number of nitriles is 1. The van der Waals surface area contributed by atoms with Gasteiger partial charge >= 0.3 is 0 Å². The van der Waals surface area contributed by atoms with E-state index in [1.54, 1.807) is 23.1 Å². The number of anilines is 1. The van der Waals surface area contributed by atoms with Gasteiger partial charge in [0.1, 0.15) is 0 Å². The average Bonchev–Trinajstić information content (AvgIpc) is 2.74. The van der Waals surface area contributed by atoms with E-state index in [0.717, 1.165) is 5.69 Å². The highest BCUT2D eigenvalue weighted by Gasteiger charge is 2.40. The molecule has 7 nitrogen and oxygen atoms in total. The van der Waals surface area contributed by atoms with E-state index >= 15 is 0 Å². The first kappa shape index (κ1) is 18.1. The molecule has 0 spiro atoms. The van der Waals surface area contributed by atoms with Crippen molar-refractivity contribution in [2.24, 2.45) is 0 Å². The van der Waals surface area contributed by atoms with E-state index in [9.17, 15) is 20.2 Å². The first-order valence-corrected chi connectivity index (χ1v) is 9.69. The molecule has 4 rings (SSSR count). The number of nitrogens with zero attached hydrogens (tertiary/aromatic N) is 4. The third-order valence-corrected chi connectivity index (χ3v) is 6.08. The Kier molecular flexibility index (Phi) is 4.75. The molecule has 2 heterocycles. The quantitative estimate of drug-likeness (QED) is 0.583. The molecule has 8 heteroatoms. The molecule has 0 aromatic heterocycles. The Bertz CT molecular complexity index is 1020. The summed E-state index contributed by atoms with van der Waals surface area (Å²) in [6.45, 7) is 0.361. The first-order chi connectivity index (χ1) is 13.6. The van der Waals surface area contributed by atoms with Crippen LogP contribution in [0.5, 0.6) is 0 Å². The molecule has 0 aliphatic carbocycles. The molecule has 1 amide bonds. The van der Waals surface area contributed by atoms with Crippen molar-refractivity contribution in [1.82, 2.24) is 4.90 Å². The molecule has 0 radical (unpaired) electrons. The normalized spacial score (nSPS) is 19.2. The second-order valence-electron chi connectivity index (χ2n) is 6.52. The van der Waals surface area contributed by atoms with Crippen molar-refractivity contribution in [3.8, 4) is 6.07 Å². The lowest BCUT2D eigenvalue weighted by Crippen LogP contribution is -2.47. The van der Waals surface area contributed by atoms with Crippen molar-refractivity contribution >= 4 is 29.0 Å². The molecular weight excluding hydrogens is 376 g/mol. The summed E-state index contributed by atoms with van der Waals surface area (Å²) in [4.78, 5) is 27.5. The van der Waals surface area contributed by atoms with Crippen molar-refractivity contribution in [2.45, 2.75) is 12.3 Å². The summed E-state index contributed by atoms with van der Waals surface area (Å²) in [5.41, 5.74) is 1.78. The lowest BCUT2D eigenvalue weighted by Gasteiger charge is -2.42. The third kappa shape index (κ3) is 3.10. The molecule has 0 bridgehead atoms. The molecule has 0 saturated carbocycles. The molecule has 2 aromatic rings. The van der Waals surface area contributed by atoms with Crippen LogP contribution in [0.3, 0.4) is 0 Å². The van der Waals surface area contributed by atoms with Gasteiger partial charge < -0.3 is 4.90 Å². The fraction of sp³-hybridized carbons (Fsp3) is 0.200. The largest absolute Gasteiger partial charge is 0.344 e. The topological polar surface area (TPSA) is 90.5 Å². The minimum Gasteiger partial charge on any atom is -0.344 e. The van der Waals surface area contributed by atoms with Crippen molar-refractivity contribution in [3.63, 3.8) is 0 Å². The summed E-state index contributed by atoms with van der Waals surface area (Å²) in [6.07, 6.45) is 0.0421. The number of fused-ring (bicyclic) bond motifs is 1. The van der Waals surface area contributed by atoms with Crippen LogP contribution in [0.15, 0.2) is 65.2 Å². The highest BCUT2D eigenvalue weighted by atomic mass is 32.2. The van der Waals surface area contributed by atoms with E-state index in [1.807, 2.05) is 30.3 Å². The summed E-state index contributed by atoms with van der Waals surface area (Å²) in [5.74, 6) is -0.135. The molecule has 1 fully saturated rings. The van der Waals surface area contributed by atoms with Gasteiger partial charge in [-0.15, -0.1) is 0 Å². The van der Waals surface area contributed by atoms with E-state index in [-0.39, 0.29) is 18.0 Å². The first-order valence-electron chi connectivity index (χ1n) is 8.71. The van der Waals surface area contributed by atoms with Crippen LogP contribution >= 0.6 is 11.8 Å². The Balaban J connectivity index is 1.72. The summed E-state index contributed by atoms with van der Waals surface area (Å²) < 4.78 is 0. The third-order valence-electron chi connectivity index (χ3n) is 4.92. The minimum atomic E-state index is -0.596. The van der Waals surface area contributed by atoms with E-state index in [0.29, 0.717) is 28.7 Å². The smallest absolute Gasteiger partial charge is 0.273 e. The number of hydrogen-bond donors (Lipinski definition) is 0. The zero-order valence-electron chi connectivity index (χ0n) is 14.8. The predicted molar refractivity (Wildman–Crippen MR) is 106 cm³/mol. The van der Waals surface area contributed by atoms with Gasteiger partial charge in [-0.3, -0.25) is 19.8 Å². The van der Waals surface area contributed by atoms with Gasteiger partial charge in [-0.1, -0.05) is 48.2 Å². The van der Waals surface area contributed by atoms with Gasteiger partial charge in [0, 0.05) is 29.7 Å². The minimum absolute atomic E-state index is 0.0421. The lowest BCUT2D eigenvalue weighted by atomic mass is 9.85. The Labute approximate surface area is 166 Å². The van der Waals surface area contributed by atoms with Crippen LogP contribution in [0.4, 0.5) is 11.4 Å². The maximum Gasteiger partial charge on any atom is 0.273 e. The van der Waals surface area contributed by atoms with Gasteiger partial charge in [0.2, 0.25) is 5.91 Å². The van der Waals surface area contributed by atoms with E-state index in [1.165, 1.54) is 17.8 Å². The molecule has 0 N–H and O–H groups in total. The monoisotopic (exact) mass is 392 g/mol. The van der Waals surface area contributed by atoms with E-state index < -0.39 is 10.8 Å². The zero-order chi connectivity index (χ0) is 19.7. The van der Waals surface area contributed by atoms with Crippen molar-refractivity contribution in [1.29, 1.82) is 5.26 Å². The fourth-order valence-electron chi connectivity index (χ4n) is 3.58. The van der Waals surface area contributed by atoms with Gasteiger partial charge in [-0.2, -0.15) is 5.26 Å². The summed E-state index contributed by atoms with van der Waals surface area (Å²) >= 11 is 1.42. The Morgan fingerprint density at radius 2 is 1.86 bits per heavy atom. The van der Waals surface area contributed by atoms with E-state index in [2.05, 4.69) is 11.0 Å². The number of carbonyl (C=O) groups is 1. The second-order valence-corrected chi connectivity index (χ2v) is 7.45. The van der Waals surface area contributed by atoms with Gasteiger partial charge in [0.25, 0.3) is 5.69 Å². The maximum atomic E-state index is 12.9. The van der Waals surface area contributed by atoms with Crippen LogP contribution in [0.2, 0.25) is 0 Å². The lowest BCUT2D eigenvalue weighted by molar-refractivity contribution is -0.385. The highest BCUT2D eigenvalue weighted by molar-refractivity contribution is 8.03. The number of rotatable bonds is 3. The van der Waals surface area contributed by atoms with Crippen LogP contribution in [0.1, 0.15) is 17.9 Å². The number of allylic oxidation sites excluding steroid dienone is 1. The molecule has 140 valence electrons. The summed E-state index contributed by atoms with van der Waals surface area (Å²) in [6, 6.07) is 18.3. The molecular formula is C20H16N4O3S. The molecule has 1 atom stereocenters. The van der Waals surface area contributed by atoms with Gasteiger partial charge in [0.15, 0.2) is 0 Å². The number of hydrogen-bond acceptors (Lipinski definition) is 6. The van der Waals surface area contributed by atoms with E-state index in [4.69, 9.17) is 0 Å². The average molecular weight is 392 g/mol. The number of benzene rings is 2. The summed E-state index contributed by atoms with van der Waals surface area (Å²) in [7, 11) is 0. The maximum absolute atomic E-state index is 12.9. The fourth-order valence-corrected chi connectivity index (χ4v) is 4.75. The van der Waals surface area contributed by atoms with Crippen LogP contribution in [0.25, 0.3) is 0 Å². The number of para-hydroxylation sites is 2. The van der Waals surface area contributed by atoms with Crippen molar-refractivity contribution < 1.29 is 9.72 Å². The van der Waals surface area contributed by atoms with Crippen molar-refractivity contribution in [2.75, 3.05) is 17.4 Å².